The molecule has 0 bridgehead atoms. The van der Waals surface area contributed by atoms with Crippen LogP contribution in [-0.2, 0) is 0 Å². The number of aliphatic imine (C=N–C) groups is 2. The van der Waals surface area contributed by atoms with Crippen molar-refractivity contribution in [3.8, 4) is 0 Å². The molecule has 2 atom stereocenters. The van der Waals surface area contributed by atoms with Gasteiger partial charge in [0.15, 0.2) is 0 Å². The molecule has 0 radical (unpaired) electrons. The van der Waals surface area contributed by atoms with Crippen LogP contribution in [0.15, 0.2) is 9.98 Å². The van der Waals surface area contributed by atoms with Gasteiger partial charge in [-0.05, 0) is 19.3 Å². The Morgan fingerprint density at radius 3 is 1.30 bits per heavy atom. The zero-order valence-electron chi connectivity index (χ0n) is 15.3. The van der Waals surface area contributed by atoms with Gasteiger partial charge in [0.2, 0.25) is 0 Å². The Balaban J connectivity index is -0.00000200. The van der Waals surface area contributed by atoms with Gasteiger partial charge in [-0.3, -0.25) is 9.98 Å². The molecule has 0 heterocycles. The maximum Gasteiger partial charge on any atom is 0.144 e. The Labute approximate surface area is 175 Å². The molecule has 2 N–H and O–H groups in total. The largest absolute Gasteiger partial charge is 1.00 e. The number of hydrogen-bond acceptors (Lipinski definition) is 4. The van der Waals surface area contributed by atoms with Gasteiger partial charge in [-0.25, -0.2) is 0 Å². The minimum Gasteiger partial charge on any atom is -1.00 e. The van der Waals surface area contributed by atoms with Crippen molar-refractivity contribution >= 4 is 12.4 Å². The topological polar surface area (TPSA) is 65.2 Å². The minimum absolute atomic E-state index is 0. The Kier molecular flexibility index (Phi) is 17.2. The van der Waals surface area contributed by atoms with Crippen LogP contribution in [0.4, 0.5) is 0 Å². The molecule has 0 aliphatic heterocycles. The molecule has 23 heavy (non-hydrogen) atoms. The Bertz CT molecular complexity index is 307. The van der Waals surface area contributed by atoms with E-state index in [1.54, 1.807) is 12.4 Å². The smallest absolute Gasteiger partial charge is 0.144 e. The first kappa shape index (κ1) is 28.4. The third kappa shape index (κ3) is 22.6. The third-order valence-electron chi connectivity index (χ3n) is 2.74. The molecule has 140 valence electrons. The van der Waals surface area contributed by atoms with Crippen LogP contribution in [0.25, 0.3) is 0 Å². The summed E-state index contributed by atoms with van der Waals surface area (Å²) in [6.07, 6.45) is 3.97. The van der Waals surface area contributed by atoms with Crippen molar-refractivity contribution in [2.45, 2.75) is 31.7 Å². The molecule has 6 nitrogen and oxygen atoms in total. The molecular formula is C15H34I2N4O2. The molecule has 8 heteroatoms. The molecule has 0 saturated carbocycles. The van der Waals surface area contributed by atoms with Crippen molar-refractivity contribution in [3.05, 3.63) is 0 Å². The summed E-state index contributed by atoms with van der Waals surface area (Å²) < 4.78 is 1.58. The van der Waals surface area contributed by atoms with Crippen molar-refractivity contribution in [2.24, 2.45) is 9.98 Å². The summed E-state index contributed by atoms with van der Waals surface area (Å²) in [7, 11) is 12.4. The van der Waals surface area contributed by atoms with Gasteiger partial charge in [0.05, 0.1) is 54.7 Å². The van der Waals surface area contributed by atoms with Gasteiger partial charge in [0.25, 0.3) is 0 Å². The second-order valence-corrected chi connectivity index (χ2v) is 7.50. The molecule has 0 fully saturated rings. The molecule has 0 aromatic heterocycles. The first-order valence-electron chi connectivity index (χ1n) is 7.50. The predicted molar refractivity (Wildman–Crippen MR) is 88.6 cm³/mol. The number of hydrogen-bond donors (Lipinski definition) is 2. The van der Waals surface area contributed by atoms with E-state index in [1.165, 1.54) is 0 Å². The molecule has 0 aliphatic carbocycles. The fourth-order valence-corrected chi connectivity index (χ4v) is 1.46. The van der Waals surface area contributed by atoms with Crippen LogP contribution in [0.2, 0.25) is 0 Å². The zero-order chi connectivity index (χ0) is 16.5. The van der Waals surface area contributed by atoms with E-state index in [0.717, 1.165) is 22.1 Å². The first-order chi connectivity index (χ1) is 9.49. The predicted octanol–water partition coefficient (Wildman–Crippen LogP) is -5.64. The van der Waals surface area contributed by atoms with E-state index in [2.05, 4.69) is 52.3 Å². The van der Waals surface area contributed by atoms with E-state index in [9.17, 15) is 10.2 Å². The molecule has 0 saturated heterocycles. The van der Waals surface area contributed by atoms with E-state index in [4.69, 9.17) is 0 Å². The van der Waals surface area contributed by atoms with Crippen LogP contribution in [0, 0.1) is 0 Å². The van der Waals surface area contributed by atoms with E-state index in [0.29, 0.717) is 19.3 Å². The van der Waals surface area contributed by atoms with Crippen LogP contribution in [0.1, 0.15) is 19.3 Å². The quantitative estimate of drug-likeness (QED) is 0.160. The van der Waals surface area contributed by atoms with Crippen molar-refractivity contribution in [1.29, 1.82) is 0 Å². The van der Waals surface area contributed by atoms with Crippen molar-refractivity contribution in [2.75, 3.05) is 55.4 Å². The lowest BCUT2D eigenvalue weighted by Gasteiger charge is -2.21. The van der Waals surface area contributed by atoms with Gasteiger partial charge < -0.3 is 67.1 Å². The highest BCUT2D eigenvalue weighted by molar-refractivity contribution is 5.58. The van der Waals surface area contributed by atoms with Crippen molar-refractivity contribution in [3.63, 3.8) is 0 Å². The maximum absolute atomic E-state index is 9.71. The first-order valence-corrected chi connectivity index (χ1v) is 7.50. The monoisotopic (exact) mass is 556 g/mol. The standard InChI is InChI=1S/C15H34N4O2.2HI/c1-18(2,3)12-10-16-14(20)8-7-9-15(21)17-11-13-19(4,5)6;;/h10-11,14-15,20-21H,7-9,12-13H2,1-6H3;2*1H/q+2;;/p-2/b16-10+,17-11+;;. The molecule has 0 aliphatic rings. The number of aliphatic hydroxyl groups is 2. The molecule has 0 aromatic rings. The van der Waals surface area contributed by atoms with E-state index < -0.39 is 12.5 Å². The Morgan fingerprint density at radius 2 is 1.04 bits per heavy atom. The summed E-state index contributed by atoms with van der Waals surface area (Å²) in [5, 5.41) is 19.4. The van der Waals surface area contributed by atoms with Gasteiger partial charge in [-0.15, -0.1) is 0 Å². The van der Waals surface area contributed by atoms with E-state index in [1.807, 2.05) is 0 Å². The number of aliphatic hydroxyl groups excluding tert-OH is 2. The molecule has 0 spiro atoms. The second kappa shape index (κ2) is 13.9. The molecular weight excluding hydrogens is 522 g/mol. The lowest BCUT2D eigenvalue weighted by Crippen LogP contribution is -3.00. The highest BCUT2D eigenvalue weighted by Gasteiger charge is 2.07. The van der Waals surface area contributed by atoms with Gasteiger partial charge in [0, 0.05) is 0 Å². The number of quaternary nitrogens is 2. The SMILES string of the molecule is C[N+](C)(C)C/C=N/C(O)CCCC(O)/N=C/C[N+](C)(C)C.[I-].[I-]. The van der Waals surface area contributed by atoms with E-state index >= 15 is 0 Å². The van der Waals surface area contributed by atoms with Crippen LogP contribution in [-0.4, -0.2) is 99.4 Å². The second-order valence-electron chi connectivity index (χ2n) is 7.50. The maximum atomic E-state index is 9.71. The fraction of sp³-hybridized carbons (Fsp3) is 0.867. The summed E-state index contributed by atoms with van der Waals surface area (Å²) in [5.41, 5.74) is 0. The molecule has 0 rings (SSSR count). The Morgan fingerprint density at radius 1 is 0.739 bits per heavy atom. The fourth-order valence-electron chi connectivity index (χ4n) is 1.46. The van der Waals surface area contributed by atoms with Gasteiger partial charge in [-0.1, -0.05) is 0 Å². The average Bonchev–Trinajstić information content (AvgIpc) is 2.25. The summed E-state index contributed by atoms with van der Waals surface area (Å²) in [6.45, 7) is 1.57. The summed E-state index contributed by atoms with van der Waals surface area (Å²) in [4.78, 5) is 8.19. The van der Waals surface area contributed by atoms with Gasteiger partial charge in [0.1, 0.15) is 25.5 Å². The van der Waals surface area contributed by atoms with Crippen LogP contribution in [0.5, 0.6) is 0 Å². The molecule has 2 unspecified atom stereocenters. The summed E-state index contributed by atoms with van der Waals surface area (Å²) in [5.74, 6) is 0. The third-order valence-corrected chi connectivity index (χ3v) is 2.74. The Hall–Kier alpha value is 0.640. The number of halogens is 2. The molecule has 0 aromatic carbocycles. The normalized spacial score (nSPS) is 15.3. The van der Waals surface area contributed by atoms with Crippen LogP contribution >= 0.6 is 0 Å². The highest BCUT2D eigenvalue weighted by Crippen LogP contribution is 2.06. The number of nitrogens with zero attached hydrogens (tertiary/aromatic N) is 4. The zero-order valence-corrected chi connectivity index (χ0v) is 19.6. The highest BCUT2D eigenvalue weighted by atomic mass is 127. The van der Waals surface area contributed by atoms with Crippen LogP contribution < -0.4 is 48.0 Å². The average molecular weight is 556 g/mol. The van der Waals surface area contributed by atoms with E-state index in [-0.39, 0.29) is 48.0 Å². The summed E-state index contributed by atoms with van der Waals surface area (Å²) in [6, 6.07) is 0. The van der Waals surface area contributed by atoms with Crippen molar-refractivity contribution in [1.82, 2.24) is 0 Å². The van der Waals surface area contributed by atoms with Crippen molar-refractivity contribution < 1.29 is 67.1 Å². The van der Waals surface area contributed by atoms with Gasteiger partial charge >= 0.3 is 0 Å². The van der Waals surface area contributed by atoms with Gasteiger partial charge in [-0.2, -0.15) is 0 Å². The lowest BCUT2D eigenvalue weighted by atomic mass is 10.2. The molecule has 0 amide bonds. The lowest BCUT2D eigenvalue weighted by molar-refractivity contribution is -0.860. The minimum atomic E-state index is -0.682. The number of rotatable bonds is 10. The van der Waals surface area contributed by atoms with Crippen LogP contribution in [0.3, 0.4) is 0 Å². The summed E-state index contributed by atoms with van der Waals surface area (Å²) >= 11 is 0.